The van der Waals surface area contributed by atoms with Crippen LogP contribution in [0.1, 0.15) is 174 Å². The third kappa shape index (κ3) is 28.8. The molecular formula is C43H75O11P. The van der Waals surface area contributed by atoms with Crippen LogP contribution in [0.5, 0.6) is 0 Å². The standard InChI is InChI=1S/C43H75O11P/c1-3-5-7-8-9-10-11-12-13-14-15-16-17-18-19-20-26-30-43(48)54-37(35-53-55(49,50)51)34-52-42(47)29-25-22-21-24-28-38-39(41(46)33-40(38)45)32-31-36(44)27-23-6-4-2/h9-10,12-13,31-32,36-39,41,44,46H,3-8,11,14-30,33-35H2,1-2H3,(H2,49,50,51)/b10-9-,13-12-,32-31+/t36-,37+,38+,39+,41+/m0/s1. The number of aliphatic hydroxyl groups excluding tert-OH is 2. The van der Waals surface area contributed by atoms with Gasteiger partial charge in [-0.2, -0.15) is 0 Å². The molecule has 0 heterocycles. The van der Waals surface area contributed by atoms with E-state index in [-0.39, 0.29) is 43.5 Å². The van der Waals surface area contributed by atoms with Crippen LogP contribution in [0, 0.1) is 11.8 Å². The molecule has 0 saturated heterocycles. The van der Waals surface area contributed by atoms with Crippen LogP contribution in [-0.4, -0.2) is 69.2 Å². The Morgan fingerprint density at radius 2 is 1.33 bits per heavy atom. The van der Waals surface area contributed by atoms with Crippen LogP contribution in [0.4, 0.5) is 0 Å². The number of phosphoric acid groups is 1. The minimum Gasteiger partial charge on any atom is -0.462 e. The van der Waals surface area contributed by atoms with Crippen molar-refractivity contribution >= 4 is 25.5 Å². The van der Waals surface area contributed by atoms with Gasteiger partial charge in [0.2, 0.25) is 0 Å². The summed E-state index contributed by atoms with van der Waals surface area (Å²) in [5, 5.41) is 20.6. The second kappa shape index (κ2) is 32.9. The lowest BCUT2D eigenvalue weighted by atomic mass is 9.88. The number of hydrogen-bond acceptors (Lipinski definition) is 9. The summed E-state index contributed by atoms with van der Waals surface area (Å²) in [4.78, 5) is 55.6. The minimum atomic E-state index is -4.82. The van der Waals surface area contributed by atoms with Crippen LogP contribution < -0.4 is 0 Å². The first-order valence-electron chi connectivity index (χ1n) is 21.4. The molecule has 0 aromatic heterocycles. The number of esters is 2. The van der Waals surface area contributed by atoms with E-state index < -0.39 is 44.7 Å². The van der Waals surface area contributed by atoms with Crippen LogP contribution in [0.25, 0.3) is 0 Å². The molecule has 0 amide bonds. The van der Waals surface area contributed by atoms with Crippen molar-refractivity contribution in [3.05, 3.63) is 36.5 Å². The maximum absolute atomic E-state index is 12.5. The fraction of sp³-hybridized carbons (Fsp3) is 0.791. The van der Waals surface area contributed by atoms with Crippen molar-refractivity contribution in [2.24, 2.45) is 11.8 Å². The van der Waals surface area contributed by atoms with Gasteiger partial charge in [-0.1, -0.05) is 134 Å². The van der Waals surface area contributed by atoms with E-state index in [4.69, 9.17) is 19.3 Å². The topological polar surface area (TPSA) is 177 Å². The summed E-state index contributed by atoms with van der Waals surface area (Å²) < 4.78 is 26.4. The third-order valence-electron chi connectivity index (χ3n) is 10.0. The molecule has 0 spiro atoms. The molecule has 1 aliphatic carbocycles. The number of hydrogen-bond donors (Lipinski definition) is 4. The number of rotatable bonds is 35. The van der Waals surface area contributed by atoms with E-state index in [1.165, 1.54) is 38.5 Å². The summed E-state index contributed by atoms with van der Waals surface area (Å²) in [7, 11) is -4.82. The van der Waals surface area contributed by atoms with Gasteiger partial charge in [0.15, 0.2) is 6.10 Å². The van der Waals surface area contributed by atoms with E-state index >= 15 is 0 Å². The number of Topliss-reactive ketones (excluding diaryl/α,β-unsaturated/α-hetero) is 1. The van der Waals surface area contributed by atoms with Crippen molar-refractivity contribution in [2.45, 2.75) is 193 Å². The van der Waals surface area contributed by atoms with E-state index in [2.05, 4.69) is 42.7 Å². The van der Waals surface area contributed by atoms with E-state index in [9.17, 15) is 29.2 Å². The fourth-order valence-electron chi connectivity index (χ4n) is 6.77. The maximum atomic E-state index is 12.5. The van der Waals surface area contributed by atoms with Gasteiger partial charge in [-0.15, -0.1) is 0 Å². The molecule has 4 N–H and O–H groups in total. The van der Waals surface area contributed by atoms with Crippen molar-refractivity contribution in [1.82, 2.24) is 0 Å². The smallest absolute Gasteiger partial charge is 0.462 e. The highest BCUT2D eigenvalue weighted by Gasteiger charge is 2.39. The number of unbranched alkanes of at least 4 members (excludes halogenated alkanes) is 15. The van der Waals surface area contributed by atoms with Crippen LogP contribution in [0.3, 0.4) is 0 Å². The summed E-state index contributed by atoms with van der Waals surface area (Å²) in [6, 6.07) is 0. The SMILES string of the molecule is CCCCC/C=C\C/C=C\CCCCCCCCCC(=O)O[C@H](COC(=O)CCCCCC[C@H]1C(=O)C[C@@H](O)[C@@H]1/C=C/[C@@H](O)CCCCC)COP(=O)(O)O. The van der Waals surface area contributed by atoms with Crippen molar-refractivity contribution in [1.29, 1.82) is 0 Å². The molecule has 12 heteroatoms. The van der Waals surface area contributed by atoms with Crippen LogP contribution in [0.2, 0.25) is 0 Å². The zero-order valence-electron chi connectivity index (χ0n) is 34.0. The van der Waals surface area contributed by atoms with Crippen molar-refractivity contribution < 1.29 is 52.9 Å². The molecule has 318 valence electrons. The summed E-state index contributed by atoms with van der Waals surface area (Å²) in [5.74, 6) is -1.58. The summed E-state index contributed by atoms with van der Waals surface area (Å²) in [5.41, 5.74) is 0. The molecule has 1 aliphatic rings. The normalized spacial score (nSPS) is 18.9. The summed E-state index contributed by atoms with van der Waals surface area (Å²) in [6.45, 7) is 3.35. The Morgan fingerprint density at radius 1 is 0.764 bits per heavy atom. The van der Waals surface area contributed by atoms with Crippen molar-refractivity contribution in [2.75, 3.05) is 13.2 Å². The highest BCUT2D eigenvalue weighted by Crippen LogP contribution is 2.36. The second-order valence-electron chi connectivity index (χ2n) is 15.1. The van der Waals surface area contributed by atoms with Gasteiger partial charge >= 0.3 is 19.8 Å². The van der Waals surface area contributed by atoms with Crippen LogP contribution in [-0.2, 0) is 32.9 Å². The first-order chi connectivity index (χ1) is 26.5. The van der Waals surface area contributed by atoms with Gasteiger partial charge in [-0.3, -0.25) is 18.9 Å². The Hall–Kier alpha value is -2.14. The first-order valence-corrected chi connectivity index (χ1v) is 22.9. The lowest BCUT2D eigenvalue weighted by Gasteiger charge is -2.18. The summed E-state index contributed by atoms with van der Waals surface area (Å²) in [6.07, 6.45) is 31.9. The largest absolute Gasteiger partial charge is 0.469 e. The highest BCUT2D eigenvalue weighted by molar-refractivity contribution is 7.46. The predicted molar refractivity (Wildman–Crippen MR) is 217 cm³/mol. The number of allylic oxidation sites excluding steroid dienone is 4. The fourth-order valence-corrected chi connectivity index (χ4v) is 7.13. The maximum Gasteiger partial charge on any atom is 0.469 e. The van der Waals surface area contributed by atoms with E-state index in [1.807, 2.05) is 6.08 Å². The number of carbonyl (C=O) groups is 3. The van der Waals surface area contributed by atoms with Gasteiger partial charge in [0.05, 0.1) is 18.8 Å². The van der Waals surface area contributed by atoms with Gasteiger partial charge in [0.25, 0.3) is 0 Å². The first kappa shape index (κ1) is 50.9. The molecule has 55 heavy (non-hydrogen) atoms. The average molecular weight is 799 g/mol. The average Bonchev–Trinajstić information content (AvgIpc) is 3.41. The quantitative estimate of drug-likeness (QED) is 0.0208. The Labute approximate surface area is 332 Å². The van der Waals surface area contributed by atoms with Gasteiger partial charge in [-0.25, -0.2) is 4.57 Å². The molecule has 0 aromatic carbocycles. The molecule has 0 aromatic rings. The monoisotopic (exact) mass is 799 g/mol. The second-order valence-corrected chi connectivity index (χ2v) is 16.3. The molecule has 11 nitrogen and oxygen atoms in total. The molecule has 1 fully saturated rings. The number of ether oxygens (including phenoxy) is 2. The number of phosphoric ester groups is 1. The molecule has 0 radical (unpaired) electrons. The molecule has 0 aliphatic heterocycles. The van der Waals surface area contributed by atoms with Crippen molar-refractivity contribution in [3.63, 3.8) is 0 Å². The third-order valence-corrected chi connectivity index (χ3v) is 10.5. The Kier molecular flexibility index (Phi) is 30.4. The summed E-state index contributed by atoms with van der Waals surface area (Å²) >= 11 is 0. The lowest BCUT2D eigenvalue weighted by molar-refractivity contribution is -0.161. The van der Waals surface area contributed by atoms with Crippen LogP contribution in [0.15, 0.2) is 36.5 Å². The molecule has 1 rings (SSSR count). The van der Waals surface area contributed by atoms with E-state index in [0.717, 1.165) is 77.0 Å². The Morgan fingerprint density at radius 3 is 1.96 bits per heavy atom. The number of ketones is 1. The van der Waals surface area contributed by atoms with Gasteiger partial charge in [-0.05, 0) is 57.8 Å². The lowest BCUT2D eigenvalue weighted by Crippen LogP contribution is -2.29. The zero-order chi connectivity index (χ0) is 40.6. The molecule has 1 saturated carbocycles. The molecule has 0 bridgehead atoms. The van der Waals surface area contributed by atoms with E-state index in [1.54, 1.807) is 6.08 Å². The highest BCUT2D eigenvalue weighted by atomic mass is 31.2. The molecule has 5 atom stereocenters. The predicted octanol–water partition coefficient (Wildman–Crippen LogP) is 9.55. The molecular weight excluding hydrogens is 723 g/mol. The zero-order valence-corrected chi connectivity index (χ0v) is 34.9. The Bertz CT molecular complexity index is 1150. The molecule has 0 unspecified atom stereocenters. The number of carbonyl (C=O) groups excluding carboxylic acids is 3. The van der Waals surface area contributed by atoms with Crippen LogP contribution >= 0.6 is 7.82 Å². The van der Waals surface area contributed by atoms with Gasteiger partial charge in [0.1, 0.15) is 12.4 Å². The number of aliphatic hydroxyl groups is 2. The van der Waals surface area contributed by atoms with Gasteiger partial charge < -0.3 is 29.5 Å². The Balaban J connectivity index is 2.25. The van der Waals surface area contributed by atoms with E-state index in [0.29, 0.717) is 25.7 Å². The minimum absolute atomic E-state index is 0.0428. The van der Waals surface area contributed by atoms with Gasteiger partial charge in [0, 0.05) is 31.1 Å². The van der Waals surface area contributed by atoms with Crippen molar-refractivity contribution in [3.8, 4) is 0 Å².